The molecule has 0 radical (unpaired) electrons. The molecular weight excluding hydrogens is 300 g/mol. The third-order valence-electron chi connectivity index (χ3n) is 4.54. The average Bonchev–Trinajstić information content (AvgIpc) is 2.55. The van der Waals surface area contributed by atoms with E-state index in [0.29, 0.717) is 17.5 Å². The van der Waals surface area contributed by atoms with Gasteiger partial charge in [-0.15, -0.1) is 0 Å². The van der Waals surface area contributed by atoms with Gasteiger partial charge in [-0.05, 0) is 49.4 Å². The van der Waals surface area contributed by atoms with Crippen LogP contribution in [0.25, 0.3) is 0 Å². The number of aryl methyl sites for hydroxylation is 1. The normalized spacial score (nSPS) is 19.4. The number of carbonyl (C=O) groups is 1. The molecule has 0 atom stereocenters. The van der Waals surface area contributed by atoms with Gasteiger partial charge in [-0.25, -0.2) is 0 Å². The molecule has 1 saturated carbocycles. The largest absolute Gasteiger partial charge is 0.395 e. The first-order chi connectivity index (χ1) is 11.7. The fourth-order valence-electron chi connectivity index (χ4n) is 3.19. The number of aliphatic hydroxyl groups excluding tert-OH is 1. The molecular formula is C20H24N2O2. The molecule has 2 aromatic rings. The molecule has 1 aliphatic rings. The lowest BCUT2D eigenvalue weighted by Crippen LogP contribution is -2.34. The predicted octanol–water partition coefficient (Wildman–Crippen LogP) is 3.08. The van der Waals surface area contributed by atoms with Crippen molar-refractivity contribution < 1.29 is 9.90 Å². The number of hydrogen-bond acceptors (Lipinski definition) is 3. The molecule has 4 heteroatoms. The summed E-state index contributed by atoms with van der Waals surface area (Å²) in [6.07, 6.45) is 2.23. The van der Waals surface area contributed by atoms with Crippen molar-refractivity contribution in [3.05, 3.63) is 65.2 Å². The van der Waals surface area contributed by atoms with Crippen LogP contribution >= 0.6 is 0 Å². The SMILES string of the molecule is Cc1cccc(C2CC(Nc3cccc(C(=O)NCCO)c3)C2)c1. The quantitative estimate of drug-likeness (QED) is 0.765. The molecule has 0 aromatic heterocycles. The van der Waals surface area contributed by atoms with E-state index < -0.39 is 0 Å². The second-order valence-corrected chi connectivity index (χ2v) is 6.48. The van der Waals surface area contributed by atoms with Gasteiger partial charge in [0.15, 0.2) is 0 Å². The summed E-state index contributed by atoms with van der Waals surface area (Å²) in [7, 11) is 0. The third kappa shape index (κ3) is 3.95. The van der Waals surface area contributed by atoms with Crippen molar-refractivity contribution in [3.8, 4) is 0 Å². The van der Waals surface area contributed by atoms with Crippen LogP contribution in [0.2, 0.25) is 0 Å². The standard InChI is InChI=1S/C20H24N2O2/c1-14-4-2-5-15(10-14)17-12-19(13-17)22-18-7-3-6-16(11-18)20(24)21-8-9-23/h2-7,10-11,17,19,22-23H,8-9,12-13H2,1H3,(H,21,24). The summed E-state index contributed by atoms with van der Waals surface area (Å²) >= 11 is 0. The summed E-state index contributed by atoms with van der Waals surface area (Å²) in [6, 6.07) is 16.7. The molecule has 0 aliphatic heterocycles. The van der Waals surface area contributed by atoms with E-state index in [2.05, 4.69) is 41.8 Å². The number of hydrogen-bond donors (Lipinski definition) is 3. The second-order valence-electron chi connectivity index (χ2n) is 6.48. The number of benzene rings is 2. The smallest absolute Gasteiger partial charge is 0.251 e. The summed E-state index contributed by atoms with van der Waals surface area (Å²) in [6.45, 7) is 2.36. The Bertz CT molecular complexity index is 708. The van der Waals surface area contributed by atoms with Gasteiger partial charge in [-0.1, -0.05) is 35.9 Å². The van der Waals surface area contributed by atoms with E-state index in [1.807, 2.05) is 18.2 Å². The van der Waals surface area contributed by atoms with Crippen molar-refractivity contribution in [2.75, 3.05) is 18.5 Å². The number of anilines is 1. The Morgan fingerprint density at radius 2 is 1.96 bits per heavy atom. The van der Waals surface area contributed by atoms with Crippen LogP contribution in [-0.2, 0) is 0 Å². The second kappa shape index (κ2) is 7.49. The van der Waals surface area contributed by atoms with Crippen LogP contribution in [0.1, 0.15) is 40.2 Å². The van der Waals surface area contributed by atoms with E-state index in [1.165, 1.54) is 11.1 Å². The van der Waals surface area contributed by atoms with Crippen molar-refractivity contribution in [2.45, 2.75) is 31.7 Å². The maximum atomic E-state index is 11.9. The van der Waals surface area contributed by atoms with Crippen molar-refractivity contribution >= 4 is 11.6 Å². The van der Waals surface area contributed by atoms with Gasteiger partial charge in [-0.2, -0.15) is 0 Å². The highest BCUT2D eigenvalue weighted by Gasteiger charge is 2.30. The Kier molecular flexibility index (Phi) is 5.16. The lowest BCUT2D eigenvalue weighted by Gasteiger charge is -2.37. The minimum absolute atomic E-state index is 0.0495. The molecule has 3 N–H and O–H groups in total. The maximum Gasteiger partial charge on any atom is 0.251 e. The van der Waals surface area contributed by atoms with E-state index in [-0.39, 0.29) is 19.1 Å². The number of carbonyl (C=O) groups excluding carboxylic acids is 1. The highest BCUT2D eigenvalue weighted by atomic mass is 16.3. The highest BCUT2D eigenvalue weighted by Crippen LogP contribution is 2.38. The van der Waals surface area contributed by atoms with Crippen LogP contribution in [-0.4, -0.2) is 30.2 Å². The number of rotatable bonds is 6. The molecule has 0 bridgehead atoms. The van der Waals surface area contributed by atoms with Crippen LogP contribution in [0.15, 0.2) is 48.5 Å². The van der Waals surface area contributed by atoms with Gasteiger partial charge in [0.05, 0.1) is 6.61 Å². The van der Waals surface area contributed by atoms with Gasteiger partial charge in [0.25, 0.3) is 5.91 Å². The number of nitrogens with one attached hydrogen (secondary N) is 2. The summed E-state index contributed by atoms with van der Waals surface area (Å²) in [5, 5.41) is 15.0. The number of aliphatic hydroxyl groups is 1. The van der Waals surface area contributed by atoms with Crippen molar-refractivity contribution in [3.63, 3.8) is 0 Å². The zero-order valence-electron chi connectivity index (χ0n) is 14.0. The molecule has 0 spiro atoms. The van der Waals surface area contributed by atoms with E-state index in [9.17, 15) is 4.79 Å². The first kappa shape index (κ1) is 16.5. The topological polar surface area (TPSA) is 61.4 Å². The molecule has 3 rings (SSSR count). The summed E-state index contributed by atoms with van der Waals surface area (Å²) < 4.78 is 0. The summed E-state index contributed by atoms with van der Waals surface area (Å²) in [5.41, 5.74) is 4.32. The van der Waals surface area contributed by atoms with Gasteiger partial charge >= 0.3 is 0 Å². The minimum Gasteiger partial charge on any atom is -0.395 e. The van der Waals surface area contributed by atoms with Crippen molar-refractivity contribution in [1.82, 2.24) is 5.32 Å². The lowest BCUT2D eigenvalue weighted by atomic mass is 9.75. The van der Waals surface area contributed by atoms with E-state index in [0.717, 1.165) is 18.5 Å². The molecule has 1 amide bonds. The van der Waals surface area contributed by atoms with Gasteiger partial charge in [0, 0.05) is 23.8 Å². The van der Waals surface area contributed by atoms with E-state index in [4.69, 9.17) is 5.11 Å². The number of amides is 1. The molecule has 0 unspecified atom stereocenters. The molecule has 0 heterocycles. The van der Waals surface area contributed by atoms with Gasteiger partial charge in [0.2, 0.25) is 0 Å². The predicted molar refractivity (Wildman–Crippen MR) is 96.4 cm³/mol. The zero-order valence-corrected chi connectivity index (χ0v) is 14.0. The highest BCUT2D eigenvalue weighted by molar-refractivity contribution is 5.95. The van der Waals surface area contributed by atoms with Crippen LogP contribution in [0.4, 0.5) is 5.69 Å². The molecule has 1 fully saturated rings. The zero-order chi connectivity index (χ0) is 16.9. The summed E-state index contributed by atoms with van der Waals surface area (Å²) in [5.74, 6) is 0.470. The van der Waals surface area contributed by atoms with E-state index >= 15 is 0 Å². The van der Waals surface area contributed by atoms with Gasteiger partial charge < -0.3 is 15.7 Å². The minimum atomic E-state index is -0.154. The van der Waals surface area contributed by atoms with Crippen molar-refractivity contribution in [1.29, 1.82) is 0 Å². The Labute approximate surface area is 142 Å². The molecule has 2 aromatic carbocycles. The first-order valence-corrected chi connectivity index (χ1v) is 8.48. The fourth-order valence-corrected chi connectivity index (χ4v) is 3.19. The van der Waals surface area contributed by atoms with E-state index in [1.54, 1.807) is 6.07 Å². The fraction of sp³-hybridized carbons (Fsp3) is 0.350. The molecule has 24 heavy (non-hydrogen) atoms. The van der Waals surface area contributed by atoms with Gasteiger partial charge in [0.1, 0.15) is 0 Å². The summed E-state index contributed by atoms with van der Waals surface area (Å²) in [4.78, 5) is 11.9. The Morgan fingerprint density at radius 3 is 2.71 bits per heavy atom. The van der Waals surface area contributed by atoms with Crippen LogP contribution in [0.3, 0.4) is 0 Å². The Morgan fingerprint density at radius 1 is 1.17 bits per heavy atom. The van der Waals surface area contributed by atoms with Gasteiger partial charge in [-0.3, -0.25) is 4.79 Å². The molecule has 126 valence electrons. The Hall–Kier alpha value is -2.33. The van der Waals surface area contributed by atoms with Crippen molar-refractivity contribution in [2.24, 2.45) is 0 Å². The third-order valence-corrected chi connectivity index (χ3v) is 4.54. The average molecular weight is 324 g/mol. The molecule has 0 saturated heterocycles. The first-order valence-electron chi connectivity index (χ1n) is 8.48. The van der Waals surface area contributed by atoms with Crippen LogP contribution in [0.5, 0.6) is 0 Å². The maximum absolute atomic E-state index is 11.9. The monoisotopic (exact) mass is 324 g/mol. The van der Waals surface area contributed by atoms with Crippen LogP contribution in [0, 0.1) is 6.92 Å². The molecule has 1 aliphatic carbocycles. The molecule has 4 nitrogen and oxygen atoms in total. The Balaban J connectivity index is 1.55. The van der Waals surface area contributed by atoms with Crippen LogP contribution < -0.4 is 10.6 Å². The lowest BCUT2D eigenvalue weighted by molar-refractivity contribution is 0.0945.